The smallest absolute Gasteiger partial charge is 0.248 e. The number of aliphatic hydroxyl groups excluding tert-OH is 1. The Labute approximate surface area is 496 Å². The lowest BCUT2D eigenvalue weighted by Gasteiger charge is -2.34. The highest BCUT2D eigenvalue weighted by Crippen LogP contribution is 2.27. The van der Waals surface area contributed by atoms with E-state index in [2.05, 4.69) is 31.9 Å². The van der Waals surface area contributed by atoms with Crippen molar-refractivity contribution in [3.05, 3.63) is 102 Å². The number of fused-ring (bicyclic) bond motifs is 4. The van der Waals surface area contributed by atoms with Gasteiger partial charge in [-0.2, -0.15) is 0 Å². The molecule has 22 nitrogen and oxygen atoms in total. The Morgan fingerprint density at radius 3 is 1.12 bits per heavy atom. The standard InChI is InChI=1S/C63H84N10O12/c1-37(2)32-44-54(76)66-46(33-38(3)4)60(82)70-28-12-20-49(70)57(79)67-47(35-41-18-10-7-11-19-41)61(83)71-29-13-21-50(71)58(80)68-48(36-42-24-26-43(75)27-25-42)62(84)72-30-14-23-52(72)59(81)69-53(39(5)74)63(85)73-31-15-22-51(73)56(78)65-45(55(77)64-44)34-40-16-8-6-9-17-40/h6-11,16-19,24-27,37-39,44-53,74-75H,12-15,20-23,28-36H2,1-5H3,(H,64,77)(H,65,78)(H,66,76)(H,67,79)(H,68,80)(H,69,81)/t39-,44+,45+,46+,47+,48+,49+,50+,51+,52+,53+/m1/s1. The number of aromatic hydroxyl groups is 1. The van der Waals surface area contributed by atoms with Crippen LogP contribution >= 0.6 is 0 Å². The Morgan fingerprint density at radius 1 is 0.388 bits per heavy atom. The maximum absolute atomic E-state index is 15.1. The normalized spacial score (nSPS) is 27.8. The highest BCUT2D eigenvalue weighted by molar-refractivity contribution is 6.00. The number of carbonyl (C=O) groups is 10. The van der Waals surface area contributed by atoms with E-state index in [1.807, 2.05) is 45.9 Å². The van der Waals surface area contributed by atoms with Gasteiger partial charge in [0.25, 0.3) is 0 Å². The molecule has 5 heterocycles. The molecule has 5 aliphatic rings. The van der Waals surface area contributed by atoms with Crippen molar-refractivity contribution in [2.24, 2.45) is 11.8 Å². The van der Waals surface area contributed by atoms with Gasteiger partial charge in [0, 0.05) is 45.4 Å². The molecule has 5 fully saturated rings. The van der Waals surface area contributed by atoms with Crippen LogP contribution in [0.2, 0.25) is 0 Å². The van der Waals surface area contributed by atoms with E-state index in [9.17, 15) is 53.4 Å². The molecule has 0 bridgehead atoms. The predicted molar refractivity (Wildman–Crippen MR) is 313 cm³/mol. The monoisotopic (exact) mass is 1170 g/mol. The predicted octanol–water partition coefficient (Wildman–Crippen LogP) is 1.78. The first-order valence-corrected chi connectivity index (χ1v) is 30.2. The molecule has 8 N–H and O–H groups in total. The molecule has 5 aliphatic heterocycles. The van der Waals surface area contributed by atoms with Gasteiger partial charge in [0.1, 0.15) is 66.2 Å². The van der Waals surface area contributed by atoms with Gasteiger partial charge in [-0.25, -0.2) is 0 Å². The molecule has 0 aromatic heterocycles. The van der Waals surface area contributed by atoms with Gasteiger partial charge in [-0.1, -0.05) is 100 Å². The molecular formula is C63H84N10O12. The maximum atomic E-state index is 15.1. The van der Waals surface area contributed by atoms with Crippen LogP contribution in [0.1, 0.15) is 116 Å². The molecule has 0 saturated carbocycles. The number of amides is 10. The van der Waals surface area contributed by atoms with Crippen molar-refractivity contribution < 1.29 is 58.2 Å². The molecule has 22 heteroatoms. The Kier molecular flexibility index (Phi) is 21.4. The zero-order valence-corrected chi connectivity index (χ0v) is 49.4. The SMILES string of the molecule is CC(C)C[C@@H]1NC(=O)[C@H](Cc2ccccc2)NC(=O)[C@@H]2CCCN2C(=O)[C@H]([C@@H](C)O)NC(=O)[C@@H]2CCCN2C(=O)[C@H](Cc2ccc(O)cc2)NC(=O)[C@@H]2CCCN2C(=O)[C@H](Cc2ccccc2)NC(=O)[C@@H]2CCCN2C(=O)[C@H](CC(C)C)NC1=O. The highest BCUT2D eigenvalue weighted by atomic mass is 16.3. The molecule has 10 amide bonds. The molecular weight excluding hydrogens is 1090 g/mol. The van der Waals surface area contributed by atoms with Crippen LogP contribution in [0.15, 0.2) is 84.9 Å². The number of hydrogen-bond donors (Lipinski definition) is 8. The third-order valence-electron chi connectivity index (χ3n) is 16.9. The van der Waals surface area contributed by atoms with Crippen LogP contribution in [0.5, 0.6) is 5.75 Å². The number of nitrogens with one attached hydrogen (secondary N) is 6. The molecule has 8 rings (SSSR count). The lowest BCUT2D eigenvalue weighted by molar-refractivity contribution is -0.147. The summed E-state index contributed by atoms with van der Waals surface area (Å²) in [5.74, 6) is -6.80. The number of carbonyl (C=O) groups excluding carboxylic acids is 10. The summed E-state index contributed by atoms with van der Waals surface area (Å²) in [6.07, 6.45) is 1.19. The summed E-state index contributed by atoms with van der Waals surface area (Å²) in [6, 6.07) is 11.9. The molecule has 3 aromatic carbocycles. The molecule has 11 atom stereocenters. The van der Waals surface area contributed by atoms with Crippen molar-refractivity contribution in [1.82, 2.24) is 51.5 Å². The van der Waals surface area contributed by atoms with Gasteiger partial charge >= 0.3 is 0 Å². The third kappa shape index (κ3) is 15.9. The Bertz CT molecular complexity index is 2890. The van der Waals surface area contributed by atoms with Crippen LogP contribution in [-0.2, 0) is 67.2 Å². The molecule has 3 aromatic rings. The summed E-state index contributed by atoms with van der Waals surface area (Å²) in [7, 11) is 0. The van der Waals surface area contributed by atoms with E-state index >= 15 is 4.79 Å². The number of phenols is 1. The van der Waals surface area contributed by atoms with Gasteiger partial charge in [-0.15, -0.1) is 0 Å². The van der Waals surface area contributed by atoms with Crippen LogP contribution in [0, 0.1) is 11.8 Å². The number of rotatable bonds is 11. The second-order valence-electron chi connectivity index (χ2n) is 24.3. The summed E-state index contributed by atoms with van der Waals surface area (Å²) in [6.45, 7) is 9.34. The van der Waals surface area contributed by atoms with E-state index in [-0.39, 0.29) is 102 Å². The maximum Gasteiger partial charge on any atom is 0.248 e. The summed E-state index contributed by atoms with van der Waals surface area (Å²) in [5.41, 5.74) is 1.95. The van der Waals surface area contributed by atoms with Gasteiger partial charge in [0.05, 0.1) is 6.10 Å². The Balaban J connectivity index is 1.16. The number of phenolic OH excluding ortho intramolecular Hbond substituents is 1. The van der Waals surface area contributed by atoms with Crippen molar-refractivity contribution in [2.45, 2.75) is 185 Å². The molecule has 0 unspecified atom stereocenters. The van der Waals surface area contributed by atoms with Gasteiger partial charge in [-0.05, 0) is 112 Å². The second-order valence-corrected chi connectivity index (χ2v) is 24.3. The summed E-state index contributed by atoms with van der Waals surface area (Å²) in [4.78, 5) is 153. The van der Waals surface area contributed by atoms with E-state index < -0.39 is 126 Å². The number of nitrogens with zero attached hydrogens (tertiary/aromatic N) is 4. The minimum atomic E-state index is -1.57. The van der Waals surface area contributed by atoms with Crippen LogP contribution in [0.25, 0.3) is 0 Å². The minimum Gasteiger partial charge on any atom is -0.508 e. The third-order valence-corrected chi connectivity index (χ3v) is 16.9. The first-order valence-electron chi connectivity index (χ1n) is 30.2. The number of aliphatic hydroxyl groups is 1. The van der Waals surface area contributed by atoms with E-state index in [0.29, 0.717) is 42.4 Å². The lowest BCUT2D eigenvalue weighted by Crippen LogP contribution is -2.62. The number of hydrogen-bond acceptors (Lipinski definition) is 12. The summed E-state index contributed by atoms with van der Waals surface area (Å²) < 4.78 is 0. The number of benzene rings is 3. The lowest BCUT2D eigenvalue weighted by atomic mass is 9.98. The highest BCUT2D eigenvalue weighted by Gasteiger charge is 2.46. The largest absolute Gasteiger partial charge is 0.508 e. The Morgan fingerprint density at radius 2 is 0.706 bits per heavy atom. The quantitative estimate of drug-likeness (QED) is 0.136. The molecule has 0 aliphatic carbocycles. The molecule has 458 valence electrons. The van der Waals surface area contributed by atoms with Crippen molar-refractivity contribution in [3.63, 3.8) is 0 Å². The van der Waals surface area contributed by atoms with E-state index in [0.717, 1.165) is 0 Å². The van der Waals surface area contributed by atoms with Crippen LogP contribution in [0.3, 0.4) is 0 Å². The van der Waals surface area contributed by atoms with Crippen molar-refractivity contribution >= 4 is 59.1 Å². The average Bonchev–Trinajstić information content (AvgIpc) is 4.56. The van der Waals surface area contributed by atoms with Gasteiger partial charge in [0.15, 0.2) is 0 Å². The first kappa shape index (κ1) is 63.1. The van der Waals surface area contributed by atoms with E-state index in [4.69, 9.17) is 0 Å². The van der Waals surface area contributed by atoms with Gasteiger partial charge in [-0.3, -0.25) is 47.9 Å². The van der Waals surface area contributed by atoms with Crippen LogP contribution in [0.4, 0.5) is 0 Å². The van der Waals surface area contributed by atoms with Crippen LogP contribution in [-0.4, -0.2) is 182 Å². The van der Waals surface area contributed by atoms with Gasteiger partial charge < -0.3 is 61.7 Å². The van der Waals surface area contributed by atoms with E-state index in [1.165, 1.54) is 38.7 Å². The molecule has 85 heavy (non-hydrogen) atoms. The average molecular weight is 1170 g/mol. The summed E-state index contributed by atoms with van der Waals surface area (Å²) in [5, 5.41) is 38.6. The fourth-order valence-corrected chi connectivity index (χ4v) is 12.6. The van der Waals surface area contributed by atoms with E-state index in [1.54, 1.807) is 54.6 Å². The van der Waals surface area contributed by atoms with Crippen molar-refractivity contribution in [1.29, 1.82) is 0 Å². The van der Waals surface area contributed by atoms with Crippen LogP contribution < -0.4 is 31.9 Å². The van der Waals surface area contributed by atoms with Gasteiger partial charge in [0.2, 0.25) is 59.1 Å². The van der Waals surface area contributed by atoms with Crippen molar-refractivity contribution in [2.75, 3.05) is 26.2 Å². The molecule has 0 spiro atoms. The topological polar surface area (TPSA) is 296 Å². The summed E-state index contributed by atoms with van der Waals surface area (Å²) >= 11 is 0. The fraction of sp³-hybridized carbons (Fsp3) is 0.556. The second kappa shape index (κ2) is 28.8. The fourth-order valence-electron chi connectivity index (χ4n) is 12.6. The first-order chi connectivity index (χ1) is 40.7. The zero-order chi connectivity index (χ0) is 61.1. The molecule has 0 radical (unpaired) electrons. The zero-order valence-electron chi connectivity index (χ0n) is 49.4. The Hall–Kier alpha value is -7.88. The van der Waals surface area contributed by atoms with Crippen molar-refractivity contribution in [3.8, 4) is 5.75 Å². The molecule has 5 saturated heterocycles. The minimum absolute atomic E-state index is 0.0131.